The smallest absolute Gasteiger partial charge is 0.416 e. The van der Waals surface area contributed by atoms with Crippen LogP contribution < -0.4 is 5.32 Å². The Hall–Kier alpha value is -2.38. The summed E-state index contributed by atoms with van der Waals surface area (Å²) < 4.78 is 43.8. The van der Waals surface area contributed by atoms with Crippen molar-refractivity contribution in [3.05, 3.63) is 35.7 Å². The number of aromatic nitrogens is 2. The van der Waals surface area contributed by atoms with E-state index >= 15 is 0 Å². The average molecular weight is 381 g/mol. The van der Waals surface area contributed by atoms with E-state index in [1.807, 2.05) is 0 Å². The molecule has 1 aliphatic rings. The molecule has 1 aromatic heterocycles. The van der Waals surface area contributed by atoms with Crippen LogP contribution in [-0.2, 0) is 17.4 Å². The zero-order valence-electron chi connectivity index (χ0n) is 14.9. The molecule has 1 N–H and O–H groups in total. The summed E-state index contributed by atoms with van der Waals surface area (Å²) in [5, 5.41) is 10.7. The normalized spacial score (nSPS) is 16.1. The number of hydrogen-bond donors (Lipinski definition) is 1. The summed E-state index contributed by atoms with van der Waals surface area (Å²) in [6.45, 7) is 0. The molecule has 1 heterocycles. The van der Waals surface area contributed by atoms with Gasteiger partial charge in [0.25, 0.3) is 0 Å². The van der Waals surface area contributed by atoms with Crippen molar-refractivity contribution >= 4 is 5.91 Å². The van der Waals surface area contributed by atoms with Crippen LogP contribution in [0.3, 0.4) is 0 Å². The van der Waals surface area contributed by atoms with E-state index in [0.29, 0.717) is 0 Å². The van der Waals surface area contributed by atoms with Crippen LogP contribution >= 0.6 is 0 Å². The Morgan fingerprint density at radius 2 is 1.89 bits per heavy atom. The topological polar surface area (TPSA) is 68.0 Å². The highest BCUT2D eigenvalue weighted by atomic mass is 19.4. The molecule has 146 valence electrons. The molecule has 8 heteroatoms. The van der Waals surface area contributed by atoms with Gasteiger partial charge in [0.1, 0.15) is 0 Å². The first kappa shape index (κ1) is 19.4. The van der Waals surface area contributed by atoms with Gasteiger partial charge in [0, 0.05) is 24.4 Å². The molecule has 0 spiro atoms. The quantitative estimate of drug-likeness (QED) is 0.773. The summed E-state index contributed by atoms with van der Waals surface area (Å²) in [7, 11) is 0. The third kappa shape index (κ3) is 5.55. The van der Waals surface area contributed by atoms with Gasteiger partial charge in [-0.3, -0.25) is 4.79 Å². The first-order valence-electron chi connectivity index (χ1n) is 9.21. The fourth-order valence-corrected chi connectivity index (χ4v) is 3.24. The number of carbonyl (C=O) groups excluding carboxylic acids is 1. The number of amides is 1. The van der Waals surface area contributed by atoms with Crippen molar-refractivity contribution in [3.63, 3.8) is 0 Å². The Morgan fingerprint density at radius 3 is 2.59 bits per heavy atom. The maximum Gasteiger partial charge on any atom is 0.416 e. The molecule has 27 heavy (non-hydrogen) atoms. The Morgan fingerprint density at radius 1 is 1.15 bits per heavy atom. The number of rotatable bonds is 5. The summed E-state index contributed by atoms with van der Waals surface area (Å²) in [4.78, 5) is 12.1. The second-order valence-corrected chi connectivity index (χ2v) is 6.84. The third-order valence-corrected chi connectivity index (χ3v) is 4.69. The molecular formula is C19H22F3N3O2. The number of nitrogens with zero attached hydrogens (tertiary/aromatic N) is 2. The number of nitrogens with one attached hydrogen (secondary N) is 1. The number of halogens is 3. The molecule has 0 radical (unpaired) electrons. The minimum Gasteiger partial charge on any atom is -0.421 e. The van der Waals surface area contributed by atoms with Crippen LogP contribution in [0.4, 0.5) is 13.2 Å². The van der Waals surface area contributed by atoms with Gasteiger partial charge in [0.2, 0.25) is 17.7 Å². The number of benzene rings is 1. The maximum absolute atomic E-state index is 12.8. The molecule has 1 amide bonds. The van der Waals surface area contributed by atoms with Crippen LogP contribution in [0.25, 0.3) is 11.5 Å². The number of carbonyl (C=O) groups is 1. The molecule has 0 bridgehead atoms. The van der Waals surface area contributed by atoms with E-state index in [1.165, 1.54) is 25.0 Å². The number of alkyl halides is 3. The van der Waals surface area contributed by atoms with Gasteiger partial charge in [0.05, 0.1) is 5.56 Å². The van der Waals surface area contributed by atoms with Gasteiger partial charge in [-0.15, -0.1) is 10.2 Å². The molecule has 0 saturated heterocycles. The van der Waals surface area contributed by atoms with E-state index in [2.05, 4.69) is 15.5 Å². The van der Waals surface area contributed by atoms with Crippen molar-refractivity contribution in [1.82, 2.24) is 15.5 Å². The molecular weight excluding hydrogens is 359 g/mol. The van der Waals surface area contributed by atoms with Crippen molar-refractivity contribution in [2.45, 2.75) is 63.6 Å². The second kappa shape index (κ2) is 8.54. The fraction of sp³-hybridized carbons (Fsp3) is 0.526. The van der Waals surface area contributed by atoms with Gasteiger partial charge in [-0.1, -0.05) is 31.7 Å². The standard InChI is InChI=1S/C19H22F3N3O2/c20-19(21,22)14-7-5-6-13(12-14)18-25-24-17(27-18)11-10-16(26)23-15-8-3-1-2-4-9-15/h5-7,12,15H,1-4,8-11H2,(H,23,26). The summed E-state index contributed by atoms with van der Waals surface area (Å²) in [5.74, 6) is 0.180. The van der Waals surface area contributed by atoms with Crippen molar-refractivity contribution in [2.24, 2.45) is 0 Å². The van der Waals surface area contributed by atoms with Crippen molar-refractivity contribution in [1.29, 1.82) is 0 Å². The Labute approximate surface area is 155 Å². The summed E-state index contributed by atoms with van der Waals surface area (Å²) in [6.07, 6.45) is 2.74. The molecule has 1 saturated carbocycles. The Kier molecular flexibility index (Phi) is 6.13. The molecule has 0 aliphatic heterocycles. The van der Waals surface area contributed by atoms with E-state index < -0.39 is 11.7 Å². The molecule has 0 unspecified atom stereocenters. The lowest BCUT2D eigenvalue weighted by Crippen LogP contribution is -2.34. The highest BCUT2D eigenvalue weighted by Gasteiger charge is 2.30. The Balaban J connectivity index is 1.56. The highest BCUT2D eigenvalue weighted by molar-refractivity contribution is 5.76. The molecule has 2 aromatic rings. The molecule has 3 rings (SSSR count). The minimum absolute atomic E-state index is 0.0141. The first-order valence-corrected chi connectivity index (χ1v) is 9.21. The summed E-state index contributed by atoms with van der Waals surface area (Å²) >= 11 is 0. The van der Waals surface area contributed by atoms with Gasteiger partial charge >= 0.3 is 6.18 Å². The largest absolute Gasteiger partial charge is 0.421 e. The first-order chi connectivity index (χ1) is 12.9. The lowest BCUT2D eigenvalue weighted by atomic mass is 10.1. The van der Waals surface area contributed by atoms with E-state index in [-0.39, 0.29) is 42.1 Å². The summed E-state index contributed by atoms with van der Waals surface area (Å²) in [5.41, 5.74) is -0.575. The summed E-state index contributed by atoms with van der Waals surface area (Å²) in [6, 6.07) is 4.95. The van der Waals surface area contributed by atoms with Crippen LogP contribution in [0.5, 0.6) is 0 Å². The highest BCUT2D eigenvalue weighted by Crippen LogP contribution is 2.31. The molecule has 0 atom stereocenters. The van der Waals surface area contributed by atoms with Crippen molar-refractivity contribution in [2.75, 3.05) is 0 Å². The van der Waals surface area contributed by atoms with Crippen LogP contribution in [0.1, 0.15) is 56.4 Å². The van der Waals surface area contributed by atoms with Gasteiger partial charge in [-0.25, -0.2) is 0 Å². The van der Waals surface area contributed by atoms with Gasteiger partial charge in [-0.05, 0) is 31.0 Å². The average Bonchev–Trinajstić information content (AvgIpc) is 2.97. The lowest BCUT2D eigenvalue weighted by Gasteiger charge is -2.15. The molecule has 5 nitrogen and oxygen atoms in total. The minimum atomic E-state index is -4.44. The van der Waals surface area contributed by atoms with Gasteiger partial charge in [0.15, 0.2) is 0 Å². The van der Waals surface area contributed by atoms with Gasteiger partial charge in [-0.2, -0.15) is 13.2 Å². The predicted octanol–water partition coefficient (Wildman–Crippen LogP) is 4.53. The van der Waals surface area contributed by atoms with Crippen LogP contribution in [0.2, 0.25) is 0 Å². The SMILES string of the molecule is O=C(CCc1nnc(-c2cccc(C(F)(F)F)c2)o1)NC1CCCCCC1. The van der Waals surface area contributed by atoms with Crippen LogP contribution in [-0.4, -0.2) is 22.1 Å². The van der Waals surface area contributed by atoms with Crippen molar-refractivity contribution in [3.8, 4) is 11.5 Å². The third-order valence-electron chi connectivity index (χ3n) is 4.69. The maximum atomic E-state index is 12.8. The van der Waals surface area contributed by atoms with Crippen LogP contribution in [0, 0.1) is 0 Å². The zero-order chi connectivity index (χ0) is 19.3. The molecule has 1 aromatic carbocycles. The van der Waals surface area contributed by atoms with E-state index in [1.54, 1.807) is 0 Å². The van der Waals surface area contributed by atoms with E-state index in [0.717, 1.165) is 37.8 Å². The van der Waals surface area contributed by atoms with Gasteiger partial charge < -0.3 is 9.73 Å². The number of aryl methyl sites for hydroxylation is 1. The lowest BCUT2D eigenvalue weighted by molar-refractivity contribution is -0.137. The van der Waals surface area contributed by atoms with Crippen LogP contribution in [0.15, 0.2) is 28.7 Å². The number of hydrogen-bond acceptors (Lipinski definition) is 4. The van der Waals surface area contributed by atoms with E-state index in [4.69, 9.17) is 4.42 Å². The molecule has 1 aliphatic carbocycles. The Bertz CT molecular complexity index is 766. The second-order valence-electron chi connectivity index (χ2n) is 6.84. The zero-order valence-corrected chi connectivity index (χ0v) is 14.9. The fourth-order valence-electron chi connectivity index (χ4n) is 3.24. The predicted molar refractivity (Wildman–Crippen MR) is 92.7 cm³/mol. The monoisotopic (exact) mass is 381 g/mol. The van der Waals surface area contributed by atoms with E-state index in [9.17, 15) is 18.0 Å². The molecule has 1 fully saturated rings. The van der Waals surface area contributed by atoms with Crippen molar-refractivity contribution < 1.29 is 22.4 Å².